The van der Waals surface area contributed by atoms with Gasteiger partial charge in [-0.15, -0.1) is 11.3 Å². The lowest BCUT2D eigenvalue weighted by Gasteiger charge is -2.12. The molecule has 0 saturated carbocycles. The van der Waals surface area contributed by atoms with Gasteiger partial charge in [0.25, 0.3) is 0 Å². The number of anilines is 2. The Morgan fingerprint density at radius 2 is 2.00 bits per heavy atom. The second kappa shape index (κ2) is 5.42. The zero-order valence-electron chi connectivity index (χ0n) is 11.9. The fraction of sp³-hybridized carbons (Fsp3) is 0.583. The van der Waals surface area contributed by atoms with Gasteiger partial charge in [-0.25, -0.2) is 9.97 Å². The predicted molar refractivity (Wildman–Crippen MR) is 82.4 cm³/mol. The van der Waals surface area contributed by atoms with Crippen LogP contribution in [0.2, 0.25) is 0 Å². The summed E-state index contributed by atoms with van der Waals surface area (Å²) in [5.41, 5.74) is 1.02. The Bertz CT molecular complexity index is 538. The molecule has 2 heterocycles. The van der Waals surface area contributed by atoms with Crippen LogP contribution in [0.15, 0.2) is 5.38 Å². The van der Waals surface area contributed by atoms with Crippen molar-refractivity contribution < 1.29 is 0 Å². The molecule has 0 amide bonds. The molecule has 0 aromatic carbocycles. The topological polar surface area (TPSA) is 53.9 Å². The van der Waals surface area contributed by atoms with Crippen LogP contribution in [0.1, 0.15) is 32.3 Å². The van der Waals surface area contributed by atoms with Crippen molar-refractivity contribution in [1.82, 2.24) is 14.3 Å². The van der Waals surface area contributed by atoms with Crippen molar-refractivity contribution in [2.24, 2.45) is 0 Å². The van der Waals surface area contributed by atoms with Crippen LogP contribution in [-0.2, 0) is 12.0 Å². The predicted octanol–water partition coefficient (Wildman–Crippen LogP) is 2.97. The summed E-state index contributed by atoms with van der Waals surface area (Å²) in [5.74, 6) is 0.882. The first-order valence-corrected chi connectivity index (χ1v) is 7.71. The third-order valence-corrected chi connectivity index (χ3v) is 4.17. The molecule has 0 aliphatic carbocycles. The van der Waals surface area contributed by atoms with Crippen LogP contribution in [0.5, 0.6) is 0 Å². The largest absolute Gasteiger partial charge is 0.355 e. The SMILES string of the molecule is CN(C)c1nc(CNc2nc(C(C)(C)C)ns2)cs1. The lowest BCUT2D eigenvalue weighted by Crippen LogP contribution is -2.13. The Balaban J connectivity index is 1.96. The average molecular weight is 297 g/mol. The molecule has 2 aromatic heterocycles. The second-order valence-corrected chi connectivity index (χ2v) is 7.13. The fourth-order valence-electron chi connectivity index (χ4n) is 1.35. The molecule has 0 aliphatic heterocycles. The number of hydrogen-bond donors (Lipinski definition) is 1. The van der Waals surface area contributed by atoms with Gasteiger partial charge in [-0.2, -0.15) is 4.37 Å². The molecular weight excluding hydrogens is 278 g/mol. The van der Waals surface area contributed by atoms with Gasteiger partial charge in [-0.3, -0.25) is 0 Å². The molecule has 0 aliphatic rings. The highest BCUT2D eigenvalue weighted by atomic mass is 32.1. The van der Waals surface area contributed by atoms with Gasteiger partial charge in [0.2, 0.25) is 5.13 Å². The van der Waals surface area contributed by atoms with E-state index in [0.29, 0.717) is 6.54 Å². The van der Waals surface area contributed by atoms with E-state index in [1.807, 2.05) is 19.0 Å². The first-order valence-electron chi connectivity index (χ1n) is 6.06. The van der Waals surface area contributed by atoms with E-state index in [1.165, 1.54) is 11.5 Å². The maximum absolute atomic E-state index is 4.52. The van der Waals surface area contributed by atoms with Crippen LogP contribution in [0.3, 0.4) is 0 Å². The van der Waals surface area contributed by atoms with E-state index < -0.39 is 0 Å². The highest BCUT2D eigenvalue weighted by molar-refractivity contribution is 7.13. The summed E-state index contributed by atoms with van der Waals surface area (Å²) in [7, 11) is 3.99. The first kappa shape index (κ1) is 14.2. The van der Waals surface area contributed by atoms with Crippen molar-refractivity contribution in [2.75, 3.05) is 24.3 Å². The van der Waals surface area contributed by atoms with Crippen molar-refractivity contribution in [1.29, 1.82) is 0 Å². The Morgan fingerprint density at radius 3 is 2.53 bits per heavy atom. The number of nitrogens with zero attached hydrogens (tertiary/aromatic N) is 4. The van der Waals surface area contributed by atoms with E-state index in [-0.39, 0.29) is 5.41 Å². The van der Waals surface area contributed by atoms with E-state index >= 15 is 0 Å². The summed E-state index contributed by atoms with van der Waals surface area (Å²) in [6, 6.07) is 0. The molecule has 2 aromatic rings. The monoisotopic (exact) mass is 297 g/mol. The molecule has 0 bridgehead atoms. The van der Waals surface area contributed by atoms with Crippen LogP contribution in [-0.4, -0.2) is 28.4 Å². The summed E-state index contributed by atoms with van der Waals surface area (Å²) in [5, 5.41) is 7.21. The van der Waals surface area contributed by atoms with Crippen LogP contribution < -0.4 is 10.2 Å². The van der Waals surface area contributed by atoms with Gasteiger partial charge in [0.15, 0.2) is 5.13 Å². The summed E-state index contributed by atoms with van der Waals surface area (Å²) in [6.07, 6.45) is 0. The van der Waals surface area contributed by atoms with E-state index in [4.69, 9.17) is 0 Å². The van der Waals surface area contributed by atoms with Gasteiger partial charge in [0.05, 0.1) is 12.2 Å². The van der Waals surface area contributed by atoms with Gasteiger partial charge < -0.3 is 10.2 Å². The van der Waals surface area contributed by atoms with E-state index in [1.54, 1.807) is 11.3 Å². The molecular formula is C12H19N5S2. The fourth-order valence-corrected chi connectivity index (χ4v) is 2.86. The summed E-state index contributed by atoms with van der Waals surface area (Å²) in [4.78, 5) is 11.0. The van der Waals surface area contributed by atoms with Crippen LogP contribution in [0.25, 0.3) is 0 Å². The third kappa shape index (κ3) is 3.63. The van der Waals surface area contributed by atoms with Crippen LogP contribution in [0, 0.1) is 0 Å². The maximum Gasteiger partial charge on any atom is 0.202 e. The minimum atomic E-state index is -0.00481. The Morgan fingerprint density at radius 1 is 1.26 bits per heavy atom. The number of hydrogen-bond acceptors (Lipinski definition) is 7. The van der Waals surface area contributed by atoms with E-state index in [2.05, 4.69) is 45.8 Å². The number of thiazole rings is 1. The highest BCUT2D eigenvalue weighted by Crippen LogP contribution is 2.24. The molecule has 0 fully saturated rings. The average Bonchev–Trinajstić information content (AvgIpc) is 2.95. The van der Waals surface area contributed by atoms with Crippen LogP contribution >= 0.6 is 22.9 Å². The Kier molecular flexibility index (Phi) is 4.05. The summed E-state index contributed by atoms with van der Waals surface area (Å²) in [6.45, 7) is 7.02. The highest BCUT2D eigenvalue weighted by Gasteiger charge is 2.19. The van der Waals surface area contributed by atoms with E-state index in [9.17, 15) is 0 Å². The lowest BCUT2D eigenvalue weighted by atomic mass is 9.96. The minimum Gasteiger partial charge on any atom is -0.355 e. The molecule has 2 rings (SSSR count). The number of aromatic nitrogens is 3. The van der Waals surface area contributed by atoms with Crippen LogP contribution in [0.4, 0.5) is 10.3 Å². The number of rotatable bonds is 4. The quantitative estimate of drug-likeness (QED) is 0.940. The van der Waals surface area contributed by atoms with Crippen molar-refractivity contribution in [2.45, 2.75) is 32.7 Å². The van der Waals surface area contributed by atoms with E-state index in [0.717, 1.165) is 21.8 Å². The van der Waals surface area contributed by atoms with Gasteiger partial charge in [-0.1, -0.05) is 20.8 Å². The zero-order chi connectivity index (χ0) is 14.0. The molecule has 0 spiro atoms. The molecule has 1 N–H and O–H groups in total. The van der Waals surface area contributed by atoms with Gasteiger partial charge in [0.1, 0.15) is 5.82 Å². The molecule has 0 saturated heterocycles. The smallest absolute Gasteiger partial charge is 0.202 e. The van der Waals surface area contributed by atoms with Crippen molar-refractivity contribution in [3.63, 3.8) is 0 Å². The Hall–Kier alpha value is -1.21. The van der Waals surface area contributed by atoms with Crippen molar-refractivity contribution in [3.8, 4) is 0 Å². The third-order valence-electron chi connectivity index (χ3n) is 2.44. The molecule has 0 radical (unpaired) electrons. The van der Waals surface area contributed by atoms with Crippen molar-refractivity contribution in [3.05, 3.63) is 16.9 Å². The van der Waals surface area contributed by atoms with Gasteiger partial charge >= 0.3 is 0 Å². The maximum atomic E-state index is 4.52. The normalized spacial score (nSPS) is 11.6. The molecule has 7 heteroatoms. The van der Waals surface area contributed by atoms with Crippen molar-refractivity contribution >= 4 is 33.1 Å². The molecule has 0 unspecified atom stereocenters. The Labute approximate surface area is 121 Å². The lowest BCUT2D eigenvalue weighted by molar-refractivity contribution is 0.555. The first-order chi connectivity index (χ1) is 8.86. The summed E-state index contributed by atoms with van der Waals surface area (Å²) >= 11 is 3.05. The second-order valence-electron chi connectivity index (χ2n) is 5.54. The molecule has 104 valence electrons. The minimum absolute atomic E-state index is 0.00481. The standard InChI is InChI=1S/C12H19N5S2/c1-12(2,3)9-15-10(19-16-9)13-6-8-7-18-11(14-8)17(4)5/h7H,6H2,1-5H3,(H,13,15,16). The zero-order valence-corrected chi connectivity index (χ0v) is 13.5. The van der Waals surface area contributed by atoms with Gasteiger partial charge in [-0.05, 0) is 0 Å². The van der Waals surface area contributed by atoms with Gasteiger partial charge in [0, 0.05) is 36.4 Å². The molecule has 5 nitrogen and oxygen atoms in total. The molecule has 0 atom stereocenters. The number of nitrogens with one attached hydrogen (secondary N) is 1. The summed E-state index contributed by atoms with van der Waals surface area (Å²) < 4.78 is 4.38. The molecule has 19 heavy (non-hydrogen) atoms.